The Bertz CT molecular complexity index is 4810. The van der Waals surface area contributed by atoms with Crippen molar-refractivity contribution in [3.63, 3.8) is 0 Å². The van der Waals surface area contributed by atoms with Gasteiger partial charge in [0.2, 0.25) is 0 Å². The normalized spacial score (nSPS) is 12.8. The minimum absolute atomic E-state index is 0.171. The number of unbranched alkanes of at least 4 members (excludes halogenated alkanes) is 1. The lowest BCUT2D eigenvalue weighted by atomic mass is 9.33. The van der Waals surface area contributed by atoms with Crippen LogP contribution in [-0.2, 0) is 11.8 Å². The van der Waals surface area contributed by atoms with Gasteiger partial charge in [-0.05, 0) is 146 Å². The van der Waals surface area contributed by atoms with E-state index in [0.717, 1.165) is 86.2 Å². The Balaban J connectivity index is 1.09. The first-order valence-corrected chi connectivity index (χ1v) is 30.2. The second-order valence-electron chi connectivity index (χ2n) is 24.2. The zero-order valence-corrected chi connectivity index (χ0v) is 48.4. The molecule has 14 aromatic rings. The van der Waals surface area contributed by atoms with Gasteiger partial charge in [-0.3, -0.25) is 0 Å². The molecule has 4 nitrogen and oxygen atoms in total. The third kappa shape index (κ3) is 8.20. The van der Waals surface area contributed by atoms with Gasteiger partial charge in [0, 0.05) is 55.7 Å². The van der Waals surface area contributed by atoms with Crippen molar-refractivity contribution in [2.75, 3.05) is 9.80 Å². The minimum atomic E-state index is -0.262. The average molecular weight is 1090 g/mol. The lowest BCUT2D eigenvalue weighted by Crippen LogP contribution is -2.61. The molecule has 2 aromatic heterocycles. The molecule has 0 atom stereocenters. The maximum atomic E-state index is 6.94. The molecule has 406 valence electrons. The number of benzene rings is 12. The Morgan fingerprint density at radius 1 is 0.400 bits per heavy atom. The van der Waals surface area contributed by atoms with Crippen LogP contribution in [0.2, 0.25) is 0 Å². The van der Waals surface area contributed by atoms with Crippen LogP contribution in [0.25, 0.3) is 93.9 Å². The number of fused-ring (bicyclic) bond motifs is 10. The van der Waals surface area contributed by atoms with Crippen LogP contribution in [0.1, 0.15) is 51.7 Å². The Labute approximate surface area is 497 Å². The fourth-order valence-corrected chi connectivity index (χ4v) is 14.1. The molecule has 0 saturated carbocycles. The van der Waals surface area contributed by atoms with Crippen LogP contribution in [0.4, 0.5) is 34.1 Å². The summed E-state index contributed by atoms with van der Waals surface area (Å²) in [5, 5.41) is 4.74. The molecule has 4 heterocycles. The van der Waals surface area contributed by atoms with Crippen LogP contribution in [0.3, 0.4) is 0 Å². The summed E-state index contributed by atoms with van der Waals surface area (Å²) in [6.07, 6.45) is 3.03. The summed E-state index contributed by atoms with van der Waals surface area (Å²) in [6.45, 7) is 9.28. The first-order chi connectivity index (χ1) is 41.8. The number of furan rings is 1. The zero-order valence-electron chi connectivity index (χ0n) is 48.4. The predicted octanol–water partition coefficient (Wildman–Crippen LogP) is 20.1. The molecule has 0 aliphatic carbocycles. The molecular formula is C80H62BN3O. The second kappa shape index (κ2) is 20.1. The summed E-state index contributed by atoms with van der Waals surface area (Å²) < 4.78 is 9.43. The number of anilines is 6. The molecule has 0 amide bonds. The first kappa shape index (κ1) is 50.6. The summed E-state index contributed by atoms with van der Waals surface area (Å²) in [5.41, 5.74) is 27.7. The van der Waals surface area contributed by atoms with Gasteiger partial charge in [-0.2, -0.15) is 0 Å². The lowest BCUT2D eigenvalue weighted by molar-refractivity contribution is 0.590. The van der Waals surface area contributed by atoms with Gasteiger partial charge < -0.3 is 18.8 Å². The fourth-order valence-electron chi connectivity index (χ4n) is 14.1. The SMILES string of the molecule is CCCCc1ccc2oc3ccccc3c2c1N1c2cc(-n3c4ccccc4c4ccccc43)ccc2B2c3cc(-c4ccccc4)ccc3N(c3c(-c4ccccc4)cc(-c4ccccc4)cc3-c3ccccc3)c3cc(C(C)(C)C)cc1c32. The molecule has 5 heteroatoms. The van der Waals surface area contributed by atoms with Gasteiger partial charge in [-0.1, -0.05) is 234 Å². The van der Waals surface area contributed by atoms with E-state index in [0.29, 0.717) is 0 Å². The summed E-state index contributed by atoms with van der Waals surface area (Å²) >= 11 is 0. The van der Waals surface area contributed by atoms with E-state index < -0.39 is 0 Å². The summed E-state index contributed by atoms with van der Waals surface area (Å²) in [4.78, 5) is 5.38. The molecule has 2 aliphatic heterocycles. The van der Waals surface area contributed by atoms with Crippen LogP contribution >= 0.6 is 0 Å². The fraction of sp³-hybridized carbons (Fsp3) is 0.100. The summed E-state index contributed by atoms with van der Waals surface area (Å²) in [6, 6.07) is 99.7. The predicted molar refractivity (Wildman–Crippen MR) is 361 cm³/mol. The van der Waals surface area contributed by atoms with Crippen molar-refractivity contribution >= 4 is 101 Å². The topological polar surface area (TPSA) is 24.6 Å². The Morgan fingerprint density at radius 2 is 0.941 bits per heavy atom. The van der Waals surface area contributed by atoms with Gasteiger partial charge in [0.1, 0.15) is 11.2 Å². The average Bonchev–Trinajstić information content (AvgIpc) is 0.998. The van der Waals surface area contributed by atoms with E-state index in [-0.39, 0.29) is 12.1 Å². The highest BCUT2D eigenvalue weighted by Crippen LogP contribution is 2.54. The van der Waals surface area contributed by atoms with Crippen LogP contribution in [0.15, 0.2) is 271 Å². The molecule has 0 bridgehead atoms. The number of nitrogens with zero attached hydrogens (tertiary/aromatic N) is 3. The van der Waals surface area contributed by atoms with E-state index in [4.69, 9.17) is 4.42 Å². The number of rotatable bonds is 10. The molecule has 0 fully saturated rings. The number of aryl methyl sites for hydroxylation is 1. The van der Waals surface area contributed by atoms with Crippen molar-refractivity contribution in [1.29, 1.82) is 0 Å². The van der Waals surface area contributed by atoms with Crippen LogP contribution in [0, 0.1) is 0 Å². The molecular weight excluding hydrogens is 1030 g/mol. The molecule has 2 aliphatic rings. The lowest BCUT2D eigenvalue weighted by Gasteiger charge is -2.46. The molecule has 85 heavy (non-hydrogen) atoms. The monoisotopic (exact) mass is 1090 g/mol. The molecule has 0 spiro atoms. The van der Waals surface area contributed by atoms with Crippen molar-refractivity contribution < 1.29 is 4.42 Å². The van der Waals surface area contributed by atoms with E-state index in [2.05, 4.69) is 309 Å². The number of hydrogen-bond donors (Lipinski definition) is 0. The standard InChI is InChI=1S/C80H62BN3O/c1-5-6-25-56-41-45-75-76(63-36-21-24-39-74(63)85-75)78(56)84-71-51-60(82-68-37-22-19-34-61(68)62-35-20-23-38-69(62)82)42-43-66(71)81-67-48-57(52-26-11-7-12-27-52)40-44-70(67)83(72-49-59(80(2,3)4)50-73(84)77(72)81)79-64(54-30-15-9-16-31-54)46-58(53-28-13-8-14-29-53)47-65(79)55-32-17-10-18-33-55/h7-24,26-51H,5-6,25H2,1-4H3. The third-order valence-corrected chi connectivity index (χ3v) is 18.1. The number of para-hydroxylation sites is 3. The van der Waals surface area contributed by atoms with E-state index in [1.54, 1.807) is 0 Å². The molecule has 16 rings (SSSR count). The highest BCUT2D eigenvalue weighted by Gasteiger charge is 2.46. The van der Waals surface area contributed by atoms with Crippen molar-refractivity contribution in [2.45, 2.75) is 52.4 Å². The van der Waals surface area contributed by atoms with E-state index in [9.17, 15) is 0 Å². The molecule has 0 N–H and O–H groups in total. The van der Waals surface area contributed by atoms with E-state index >= 15 is 0 Å². The van der Waals surface area contributed by atoms with E-state index in [1.165, 1.54) is 88.6 Å². The van der Waals surface area contributed by atoms with Crippen LogP contribution in [0.5, 0.6) is 0 Å². The van der Waals surface area contributed by atoms with Crippen molar-refractivity contribution in [3.8, 4) is 50.2 Å². The second-order valence-corrected chi connectivity index (χ2v) is 24.2. The maximum absolute atomic E-state index is 6.94. The maximum Gasteiger partial charge on any atom is 0.252 e. The molecule has 0 radical (unpaired) electrons. The van der Waals surface area contributed by atoms with Gasteiger partial charge in [-0.25, -0.2) is 0 Å². The Kier molecular flexibility index (Phi) is 12.0. The molecule has 12 aromatic carbocycles. The van der Waals surface area contributed by atoms with Gasteiger partial charge >= 0.3 is 0 Å². The van der Waals surface area contributed by atoms with E-state index in [1.807, 2.05) is 0 Å². The quantitative estimate of drug-likeness (QED) is 0.128. The summed E-state index contributed by atoms with van der Waals surface area (Å²) in [5.74, 6) is 0. The number of aromatic nitrogens is 1. The van der Waals surface area contributed by atoms with Crippen molar-refractivity contribution in [3.05, 3.63) is 278 Å². The van der Waals surface area contributed by atoms with Crippen LogP contribution < -0.4 is 26.2 Å². The van der Waals surface area contributed by atoms with Gasteiger partial charge in [-0.15, -0.1) is 0 Å². The summed E-state index contributed by atoms with van der Waals surface area (Å²) in [7, 11) is 0. The highest BCUT2D eigenvalue weighted by molar-refractivity contribution is 7.00. The van der Waals surface area contributed by atoms with Crippen LogP contribution in [-0.4, -0.2) is 11.3 Å². The minimum Gasteiger partial charge on any atom is -0.456 e. The number of hydrogen-bond acceptors (Lipinski definition) is 3. The van der Waals surface area contributed by atoms with Crippen molar-refractivity contribution in [2.24, 2.45) is 0 Å². The Morgan fingerprint density at radius 3 is 1.54 bits per heavy atom. The smallest absolute Gasteiger partial charge is 0.252 e. The highest BCUT2D eigenvalue weighted by atomic mass is 16.3. The van der Waals surface area contributed by atoms with Gasteiger partial charge in [0.15, 0.2) is 0 Å². The largest absolute Gasteiger partial charge is 0.456 e. The molecule has 0 unspecified atom stereocenters. The third-order valence-electron chi connectivity index (χ3n) is 18.1. The van der Waals surface area contributed by atoms with Crippen molar-refractivity contribution in [1.82, 2.24) is 4.57 Å². The first-order valence-electron chi connectivity index (χ1n) is 30.2. The van der Waals surface area contributed by atoms with Gasteiger partial charge in [0.05, 0.1) is 27.8 Å². The molecule has 0 saturated heterocycles. The van der Waals surface area contributed by atoms with Gasteiger partial charge in [0.25, 0.3) is 6.71 Å². The Hall–Kier alpha value is -10.1. The zero-order chi connectivity index (χ0) is 56.9.